The highest BCUT2D eigenvalue weighted by Gasteiger charge is 2.32. The molecule has 0 spiro atoms. The first kappa shape index (κ1) is 30.0. The Morgan fingerprint density at radius 1 is 1.23 bits per heavy atom. The van der Waals surface area contributed by atoms with Gasteiger partial charge in [-0.25, -0.2) is 4.39 Å². The fourth-order valence-corrected chi connectivity index (χ4v) is 4.62. The summed E-state index contributed by atoms with van der Waals surface area (Å²) in [7, 11) is 1.46. The van der Waals surface area contributed by atoms with Crippen LogP contribution in [0, 0.1) is 5.82 Å². The smallest absolute Gasteiger partial charge is 0.243 e. The van der Waals surface area contributed by atoms with E-state index >= 15 is 0 Å². The van der Waals surface area contributed by atoms with E-state index in [0.717, 1.165) is 12.0 Å². The monoisotopic (exact) mass is 542 g/mol. The Hall–Kier alpha value is -3.50. The molecule has 0 aliphatic carbocycles. The van der Waals surface area contributed by atoms with Gasteiger partial charge in [-0.2, -0.15) is 0 Å². The van der Waals surface area contributed by atoms with Crippen LogP contribution in [0.25, 0.3) is 0 Å². The molecule has 9 nitrogen and oxygen atoms in total. The number of carbonyl (C=O) groups is 3. The van der Waals surface area contributed by atoms with Crippen molar-refractivity contribution >= 4 is 17.7 Å². The lowest BCUT2D eigenvalue weighted by molar-refractivity contribution is -0.141. The molecular formula is C29H39FN4O5. The summed E-state index contributed by atoms with van der Waals surface area (Å²) < 4.78 is 20.1. The Labute approximate surface area is 228 Å². The van der Waals surface area contributed by atoms with E-state index in [9.17, 15) is 23.9 Å². The number of likely N-dealkylation sites (N-methyl/N-ethyl adjacent to an activating group) is 1. The third-order valence-electron chi connectivity index (χ3n) is 6.87. The molecule has 10 heteroatoms. The lowest BCUT2D eigenvalue weighted by atomic mass is 9.99. The van der Waals surface area contributed by atoms with Gasteiger partial charge in [0.2, 0.25) is 17.7 Å². The molecule has 5 N–H and O–H groups in total. The molecule has 3 atom stereocenters. The van der Waals surface area contributed by atoms with Gasteiger partial charge in [0.1, 0.15) is 17.6 Å². The molecule has 1 aliphatic rings. The molecule has 1 heterocycles. The number of aliphatic hydroxyl groups excluding tert-OH is 1. The normalized spacial score (nSPS) is 19.8. The molecule has 0 saturated heterocycles. The van der Waals surface area contributed by atoms with Gasteiger partial charge in [-0.1, -0.05) is 31.2 Å². The fraction of sp³-hybridized carbons (Fsp3) is 0.483. The van der Waals surface area contributed by atoms with Crippen molar-refractivity contribution in [2.24, 2.45) is 5.73 Å². The number of ether oxygens (including phenoxy) is 1. The topological polar surface area (TPSA) is 134 Å². The minimum Gasteiger partial charge on any atom is -0.493 e. The van der Waals surface area contributed by atoms with Crippen molar-refractivity contribution < 1.29 is 28.6 Å². The van der Waals surface area contributed by atoms with E-state index in [1.165, 1.54) is 29.6 Å². The average molecular weight is 543 g/mol. The summed E-state index contributed by atoms with van der Waals surface area (Å²) >= 11 is 0. The van der Waals surface area contributed by atoms with Crippen molar-refractivity contribution in [1.29, 1.82) is 0 Å². The van der Waals surface area contributed by atoms with Crippen molar-refractivity contribution in [2.75, 3.05) is 20.2 Å². The van der Waals surface area contributed by atoms with Crippen LogP contribution in [0.3, 0.4) is 0 Å². The number of amides is 3. The second kappa shape index (κ2) is 14.6. The van der Waals surface area contributed by atoms with E-state index in [0.29, 0.717) is 30.7 Å². The molecule has 3 amide bonds. The molecule has 2 bridgehead atoms. The highest BCUT2D eigenvalue weighted by molar-refractivity contribution is 5.91. The van der Waals surface area contributed by atoms with Crippen LogP contribution in [0.2, 0.25) is 0 Å². The van der Waals surface area contributed by atoms with Crippen LogP contribution in [0.1, 0.15) is 49.3 Å². The number of nitrogens with zero attached hydrogens (tertiary/aromatic N) is 1. The molecule has 3 rings (SSSR count). The molecule has 1 unspecified atom stereocenters. The van der Waals surface area contributed by atoms with Gasteiger partial charge in [0, 0.05) is 32.6 Å². The molecule has 0 radical (unpaired) electrons. The predicted octanol–water partition coefficient (Wildman–Crippen LogP) is 1.83. The van der Waals surface area contributed by atoms with Crippen LogP contribution in [-0.4, -0.2) is 66.1 Å². The van der Waals surface area contributed by atoms with Gasteiger partial charge in [-0.3, -0.25) is 14.4 Å². The third kappa shape index (κ3) is 9.33. The average Bonchev–Trinajstić information content (AvgIpc) is 2.90. The summed E-state index contributed by atoms with van der Waals surface area (Å²) in [6, 6.07) is 10.4. The van der Waals surface area contributed by atoms with E-state index < -0.39 is 35.8 Å². The predicted molar refractivity (Wildman–Crippen MR) is 145 cm³/mol. The van der Waals surface area contributed by atoms with Gasteiger partial charge in [0.05, 0.1) is 25.2 Å². The molecule has 0 aromatic heterocycles. The summed E-state index contributed by atoms with van der Waals surface area (Å²) in [5.41, 5.74) is 8.18. The summed E-state index contributed by atoms with van der Waals surface area (Å²) in [6.07, 6.45) is 0.753. The maximum Gasteiger partial charge on any atom is 0.243 e. The largest absolute Gasteiger partial charge is 0.493 e. The van der Waals surface area contributed by atoms with Gasteiger partial charge >= 0.3 is 0 Å². The summed E-state index contributed by atoms with van der Waals surface area (Å²) in [4.78, 5) is 39.1. The molecular weight excluding hydrogens is 503 g/mol. The number of carbonyl (C=O) groups excluding carboxylic acids is 3. The molecule has 0 fully saturated rings. The van der Waals surface area contributed by atoms with Crippen molar-refractivity contribution in [3.8, 4) is 5.75 Å². The number of nitrogens with one attached hydrogen (secondary N) is 2. The lowest BCUT2D eigenvalue weighted by Gasteiger charge is -2.30. The van der Waals surface area contributed by atoms with Crippen molar-refractivity contribution in [3.05, 3.63) is 65.0 Å². The van der Waals surface area contributed by atoms with Crippen LogP contribution in [-0.2, 0) is 33.8 Å². The zero-order valence-corrected chi connectivity index (χ0v) is 22.6. The van der Waals surface area contributed by atoms with E-state index in [1.54, 1.807) is 6.07 Å². The maximum atomic E-state index is 14.4. The molecule has 0 saturated carbocycles. The van der Waals surface area contributed by atoms with Crippen molar-refractivity contribution in [2.45, 2.75) is 70.2 Å². The minimum atomic E-state index is -1.14. The highest BCUT2D eigenvalue weighted by atomic mass is 19.1. The van der Waals surface area contributed by atoms with Gasteiger partial charge < -0.3 is 31.1 Å². The first-order valence-electron chi connectivity index (χ1n) is 13.4. The van der Waals surface area contributed by atoms with Gasteiger partial charge in [0.15, 0.2) is 0 Å². The van der Waals surface area contributed by atoms with Gasteiger partial charge in [-0.15, -0.1) is 0 Å². The zero-order valence-electron chi connectivity index (χ0n) is 22.6. The first-order valence-corrected chi connectivity index (χ1v) is 13.4. The SMILES string of the molecule is CCc1cccc(CNC[C@@H](O)[C@@H]2Cc3cc(F)cc(c3)OCCCCC(=O)N(C)C(CC(N)=O)C(=O)N2)c1. The van der Waals surface area contributed by atoms with Gasteiger partial charge in [0.25, 0.3) is 0 Å². The standard InChI is InChI=1S/C29H39FN4O5/c1-3-19-7-6-8-20(11-19)17-32-18-26(35)24-14-21-12-22(30)15-23(13-21)39-10-5-4-9-28(37)34(2)25(16-27(31)36)29(38)33-24/h6-8,11-13,15,24-26,32,35H,3-5,9-10,14,16-18H2,1-2H3,(H2,31,36)(H,33,38)/t24-,25?,26+/m0/s1. The summed E-state index contributed by atoms with van der Waals surface area (Å²) in [6.45, 7) is 3.00. The second-order valence-electron chi connectivity index (χ2n) is 9.98. The lowest BCUT2D eigenvalue weighted by Crippen LogP contribution is -2.55. The Bertz CT molecular complexity index is 1140. The van der Waals surface area contributed by atoms with Crippen molar-refractivity contribution in [3.63, 3.8) is 0 Å². The van der Waals surface area contributed by atoms with E-state index in [4.69, 9.17) is 10.5 Å². The van der Waals surface area contributed by atoms with Crippen molar-refractivity contribution in [1.82, 2.24) is 15.5 Å². The van der Waals surface area contributed by atoms with E-state index in [-0.39, 0.29) is 38.3 Å². The third-order valence-corrected chi connectivity index (χ3v) is 6.87. The molecule has 2 aromatic rings. The number of nitrogens with two attached hydrogens (primary N) is 1. The number of rotatable bonds is 8. The Kier molecular flexibility index (Phi) is 11.2. The Balaban J connectivity index is 1.83. The van der Waals surface area contributed by atoms with Gasteiger partial charge in [-0.05, 0) is 54.5 Å². The molecule has 212 valence electrons. The number of primary amides is 1. The fourth-order valence-electron chi connectivity index (χ4n) is 4.62. The number of fused-ring (bicyclic) bond motifs is 2. The number of benzene rings is 2. The number of hydrogen-bond acceptors (Lipinski definition) is 6. The maximum absolute atomic E-state index is 14.4. The zero-order chi connectivity index (χ0) is 28.4. The summed E-state index contributed by atoms with van der Waals surface area (Å²) in [5.74, 6) is -1.83. The van der Waals surface area contributed by atoms with Crippen LogP contribution in [0.4, 0.5) is 4.39 Å². The van der Waals surface area contributed by atoms with E-state index in [1.807, 2.05) is 18.2 Å². The second-order valence-corrected chi connectivity index (χ2v) is 9.98. The quantitative estimate of drug-likeness (QED) is 0.402. The van der Waals surface area contributed by atoms with E-state index in [2.05, 4.69) is 23.6 Å². The molecule has 1 aliphatic heterocycles. The van der Waals surface area contributed by atoms with Crippen LogP contribution < -0.4 is 21.1 Å². The van der Waals surface area contributed by atoms with Crippen LogP contribution in [0.15, 0.2) is 42.5 Å². The molecule has 2 aromatic carbocycles. The number of aliphatic hydroxyl groups is 1. The number of halogens is 1. The summed E-state index contributed by atoms with van der Waals surface area (Å²) in [5, 5.41) is 17.1. The van der Waals surface area contributed by atoms with Crippen LogP contribution in [0.5, 0.6) is 5.75 Å². The number of hydrogen-bond donors (Lipinski definition) is 4. The highest BCUT2D eigenvalue weighted by Crippen LogP contribution is 2.20. The molecule has 39 heavy (non-hydrogen) atoms. The first-order chi connectivity index (χ1) is 18.7. The van der Waals surface area contributed by atoms with Crippen LogP contribution >= 0.6 is 0 Å². The Morgan fingerprint density at radius 3 is 2.74 bits per heavy atom. The minimum absolute atomic E-state index is 0.0922. The Morgan fingerprint density at radius 2 is 2.00 bits per heavy atom. The number of aryl methyl sites for hydroxylation is 1.